The number of nitro benzene ring substituents is 1. The second kappa shape index (κ2) is 5.34. The van der Waals surface area contributed by atoms with E-state index in [-0.39, 0.29) is 23.0 Å². The van der Waals surface area contributed by atoms with E-state index in [9.17, 15) is 20.0 Å². The minimum atomic E-state index is -0.533. The van der Waals surface area contributed by atoms with E-state index in [0.29, 0.717) is 10.1 Å². The Bertz CT molecular complexity index is 750. The van der Waals surface area contributed by atoms with E-state index in [2.05, 4.69) is 10.2 Å². The maximum Gasteiger partial charge on any atom is 0.344 e. The molecule has 1 aromatic heterocycles. The number of aliphatic hydroxyl groups is 1. The molecule has 21 heavy (non-hydrogen) atoms. The lowest BCUT2D eigenvalue weighted by Crippen LogP contribution is -2.15. The molecule has 1 aromatic carbocycles. The van der Waals surface area contributed by atoms with Gasteiger partial charge in [-0.15, -0.1) is 5.10 Å². The van der Waals surface area contributed by atoms with Crippen LogP contribution in [0, 0.1) is 10.1 Å². The summed E-state index contributed by atoms with van der Waals surface area (Å²) in [5, 5.41) is 27.0. The second-order valence-corrected chi connectivity index (χ2v) is 5.76. The van der Waals surface area contributed by atoms with E-state index in [1.54, 1.807) is 16.7 Å². The highest BCUT2D eigenvalue weighted by Crippen LogP contribution is 2.38. The summed E-state index contributed by atoms with van der Waals surface area (Å²) in [6.45, 7) is -0.416. The molecule has 2 aromatic rings. The van der Waals surface area contributed by atoms with Crippen molar-refractivity contribution in [2.75, 3.05) is 0 Å². The summed E-state index contributed by atoms with van der Waals surface area (Å²) in [6, 6.07) is 4.66. The minimum Gasteiger partial charge on any atom is -0.391 e. The number of rotatable bonds is 5. The van der Waals surface area contributed by atoms with Gasteiger partial charge in [0.2, 0.25) is 0 Å². The number of nitrogens with one attached hydrogen (secondary N) is 1. The van der Waals surface area contributed by atoms with E-state index < -0.39 is 11.5 Å². The highest BCUT2D eigenvalue weighted by Gasteiger charge is 2.28. The van der Waals surface area contributed by atoms with Crippen molar-refractivity contribution < 1.29 is 10.0 Å². The molecule has 1 saturated carbocycles. The van der Waals surface area contributed by atoms with Crippen molar-refractivity contribution in [1.29, 1.82) is 0 Å². The highest BCUT2D eigenvalue weighted by atomic mass is 32.2. The first kappa shape index (κ1) is 13.8. The number of nitro groups is 1. The van der Waals surface area contributed by atoms with Crippen LogP contribution in [0.2, 0.25) is 0 Å². The topological polar surface area (TPSA) is 114 Å². The van der Waals surface area contributed by atoms with Crippen LogP contribution >= 0.6 is 11.8 Å². The van der Waals surface area contributed by atoms with Crippen molar-refractivity contribution >= 4 is 17.4 Å². The predicted octanol–water partition coefficient (Wildman–Crippen LogP) is 1.46. The molecule has 0 spiro atoms. The number of hydrogen-bond donors (Lipinski definition) is 2. The van der Waals surface area contributed by atoms with E-state index in [1.165, 1.54) is 17.8 Å². The fraction of sp³-hybridized carbons (Fsp3) is 0.333. The number of nitrogens with zero attached hydrogens (tertiary/aromatic N) is 3. The predicted molar refractivity (Wildman–Crippen MR) is 74.3 cm³/mol. The van der Waals surface area contributed by atoms with E-state index in [1.807, 2.05) is 0 Å². The Morgan fingerprint density at radius 1 is 1.52 bits per heavy atom. The van der Waals surface area contributed by atoms with Gasteiger partial charge in [-0.1, -0.05) is 0 Å². The highest BCUT2D eigenvalue weighted by molar-refractivity contribution is 7.99. The van der Waals surface area contributed by atoms with Crippen molar-refractivity contribution in [3.05, 3.63) is 44.4 Å². The first-order chi connectivity index (χ1) is 10.1. The summed E-state index contributed by atoms with van der Waals surface area (Å²) in [5.41, 5.74) is -0.131. The molecule has 2 N–H and O–H groups in total. The van der Waals surface area contributed by atoms with Crippen LogP contribution in [0.25, 0.3) is 0 Å². The van der Waals surface area contributed by atoms with Crippen LogP contribution in [0.1, 0.15) is 24.4 Å². The molecule has 0 unspecified atom stereocenters. The van der Waals surface area contributed by atoms with Crippen LogP contribution in [-0.2, 0) is 6.61 Å². The van der Waals surface area contributed by atoms with Crippen molar-refractivity contribution in [1.82, 2.24) is 14.8 Å². The summed E-state index contributed by atoms with van der Waals surface area (Å²) in [4.78, 5) is 22.7. The smallest absolute Gasteiger partial charge is 0.344 e. The number of hydrogen-bond acceptors (Lipinski definition) is 6. The zero-order chi connectivity index (χ0) is 15.0. The number of aromatic amines is 1. The summed E-state index contributed by atoms with van der Waals surface area (Å²) in [7, 11) is 0. The molecule has 0 radical (unpaired) electrons. The fourth-order valence-electron chi connectivity index (χ4n) is 2.05. The number of aromatic nitrogens is 3. The zero-order valence-electron chi connectivity index (χ0n) is 10.9. The number of H-pyrrole nitrogens is 1. The molecule has 8 nitrogen and oxygen atoms in total. The second-order valence-electron chi connectivity index (χ2n) is 4.72. The van der Waals surface area contributed by atoms with Gasteiger partial charge < -0.3 is 5.11 Å². The Morgan fingerprint density at radius 2 is 2.29 bits per heavy atom. The third-order valence-electron chi connectivity index (χ3n) is 3.21. The zero-order valence-corrected chi connectivity index (χ0v) is 11.7. The molecule has 110 valence electrons. The lowest BCUT2D eigenvalue weighted by Gasteiger charge is -2.05. The molecule has 1 heterocycles. The van der Waals surface area contributed by atoms with E-state index in [4.69, 9.17) is 0 Å². The first-order valence-corrected chi connectivity index (χ1v) is 7.14. The van der Waals surface area contributed by atoms with Gasteiger partial charge in [-0.3, -0.25) is 14.7 Å². The third-order valence-corrected chi connectivity index (χ3v) is 4.17. The van der Waals surface area contributed by atoms with E-state index >= 15 is 0 Å². The minimum absolute atomic E-state index is 0.122. The molecular weight excluding hydrogens is 296 g/mol. The average molecular weight is 308 g/mol. The van der Waals surface area contributed by atoms with Crippen LogP contribution in [0.15, 0.2) is 33.0 Å². The quantitative estimate of drug-likeness (QED) is 0.638. The first-order valence-electron chi connectivity index (χ1n) is 6.33. The van der Waals surface area contributed by atoms with Gasteiger partial charge in [0.15, 0.2) is 5.16 Å². The standard InChI is InChI=1S/C12H12N4O4S/c17-6-7-5-9(3-4-10(7)16(19)20)21-12-14-13-11(18)15(12)8-1-2-8/h3-5,8,17H,1-2,6H2,(H,13,18). The molecule has 1 aliphatic carbocycles. The number of aliphatic hydroxyl groups excluding tert-OH is 1. The fourth-order valence-corrected chi connectivity index (χ4v) is 3.02. The largest absolute Gasteiger partial charge is 0.391 e. The molecule has 0 amide bonds. The van der Waals surface area contributed by atoms with Gasteiger partial charge in [-0.25, -0.2) is 9.89 Å². The summed E-state index contributed by atoms with van der Waals surface area (Å²) < 4.78 is 1.60. The van der Waals surface area contributed by atoms with Crippen molar-refractivity contribution in [3.8, 4) is 0 Å². The molecule has 9 heteroatoms. The molecule has 1 aliphatic rings. The maximum absolute atomic E-state index is 11.7. The maximum atomic E-state index is 11.7. The Balaban J connectivity index is 1.92. The van der Waals surface area contributed by atoms with Gasteiger partial charge in [0.25, 0.3) is 5.69 Å². The lowest BCUT2D eigenvalue weighted by molar-refractivity contribution is -0.385. The third kappa shape index (κ3) is 2.69. The van der Waals surface area contributed by atoms with Crippen molar-refractivity contribution in [3.63, 3.8) is 0 Å². The summed E-state index contributed by atoms with van der Waals surface area (Å²) in [6.07, 6.45) is 1.91. The van der Waals surface area contributed by atoms with Crippen LogP contribution in [-0.4, -0.2) is 24.8 Å². The summed E-state index contributed by atoms with van der Waals surface area (Å²) >= 11 is 1.24. The van der Waals surface area contributed by atoms with Crippen molar-refractivity contribution in [2.45, 2.75) is 35.5 Å². The van der Waals surface area contributed by atoms with Gasteiger partial charge in [0, 0.05) is 17.0 Å². The van der Waals surface area contributed by atoms with Gasteiger partial charge in [-0.2, -0.15) is 0 Å². The number of benzene rings is 1. The van der Waals surface area contributed by atoms with Crippen LogP contribution in [0.5, 0.6) is 0 Å². The monoisotopic (exact) mass is 308 g/mol. The van der Waals surface area contributed by atoms with Gasteiger partial charge in [-0.05, 0) is 36.7 Å². The Labute approximate surface area is 123 Å². The van der Waals surface area contributed by atoms with Crippen LogP contribution < -0.4 is 5.69 Å². The average Bonchev–Trinajstić information content (AvgIpc) is 3.23. The van der Waals surface area contributed by atoms with Crippen LogP contribution in [0.4, 0.5) is 5.69 Å². The van der Waals surface area contributed by atoms with Crippen LogP contribution in [0.3, 0.4) is 0 Å². The Kier molecular flexibility index (Phi) is 3.52. The normalized spacial score (nSPS) is 14.3. The van der Waals surface area contributed by atoms with Gasteiger partial charge in [0.05, 0.1) is 17.1 Å². The molecule has 1 fully saturated rings. The van der Waals surface area contributed by atoms with Gasteiger partial charge >= 0.3 is 5.69 Å². The molecule has 0 bridgehead atoms. The van der Waals surface area contributed by atoms with E-state index in [0.717, 1.165) is 12.8 Å². The van der Waals surface area contributed by atoms with Gasteiger partial charge in [0.1, 0.15) is 0 Å². The molecule has 0 aliphatic heterocycles. The Morgan fingerprint density at radius 3 is 2.90 bits per heavy atom. The van der Waals surface area contributed by atoms with Crippen molar-refractivity contribution in [2.24, 2.45) is 0 Å². The molecular formula is C12H12N4O4S. The SMILES string of the molecule is O=c1[nH]nc(Sc2ccc([N+](=O)[O-])c(CO)c2)n1C1CC1. The molecule has 0 atom stereocenters. The molecule has 3 rings (SSSR count). The summed E-state index contributed by atoms with van der Waals surface area (Å²) in [5.74, 6) is 0. The lowest BCUT2D eigenvalue weighted by atomic mass is 10.2. The Hall–Kier alpha value is -2.13. The molecule has 0 saturated heterocycles.